The van der Waals surface area contributed by atoms with Gasteiger partial charge in [0.15, 0.2) is 11.6 Å². The molecule has 6 rings (SSSR count). The number of hydrogen-bond acceptors (Lipinski definition) is 11. The molecular weight excluding hydrogens is 574 g/mol. The molecule has 234 valence electrons. The van der Waals surface area contributed by atoms with Crippen molar-refractivity contribution in [2.24, 2.45) is 0 Å². The molecule has 0 unspecified atom stereocenters. The molecule has 3 aromatic heterocycles. The summed E-state index contributed by atoms with van der Waals surface area (Å²) in [5.74, 6) is 3.24. The van der Waals surface area contributed by atoms with Gasteiger partial charge in [-0.05, 0) is 70.5 Å². The Morgan fingerprint density at radius 1 is 1.00 bits per heavy atom. The quantitative estimate of drug-likeness (QED) is 0.243. The number of aromatic nitrogens is 6. The Morgan fingerprint density at radius 2 is 1.80 bits per heavy atom. The van der Waals surface area contributed by atoms with Crippen molar-refractivity contribution in [1.29, 1.82) is 0 Å². The van der Waals surface area contributed by atoms with E-state index < -0.39 is 5.60 Å². The minimum absolute atomic E-state index is 0.311. The number of fused-ring (bicyclic) bond motifs is 2. The fraction of sp³-hybridized carbons (Fsp3) is 0.375. The van der Waals surface area contributed by atoms with E-state index >= 15 is 0 Å². The van der Waals surface area contributed by atoms with E-state index in [9.17, 15) is 4.79 Å². The van der Waals surface area contributed by atoms with E-state index in [1.54, 1.807) is 18.2 Å². The predicted octanol–water partition coefficient (Wildman–Crippen LogP) is 5.70. The fourth-order valence-electron chi connectivity index (χ4n) is 5.31. The van der Waals surface area contributed by atoms with E-state index in [1.165, 1.54) is 6.33 Å². The van der Waals surface area contributed by atoms with E-state index in [1.807, 2.05) is 75.7 Å². The summed E-state index contributed by atoms with van der Waals surface area (Å²) in [6.45, 7) is 12.5. The molecule has 45 heavy (non-hydrogen) atoms. The minimum atomic E-state index is -0.543. The Labute approximate surface area is 261 Å². The maximum Gasteiger partial charge on any atom is 0.410 e. The highest BCUT2D eigenvalue weighted by molar-refractivity contribution is 5.98. The number of pyridine rings is 1. The molecule has 0 saturated carbocycles. The predicted molar refractivity (Wildman–Crippen MR) is 172 cm³/mol. The van der Waals surface area contributed by atoms with Crippen LogP contribution in [0.5, 0.6) is 17.2 Å². The van der Waals surface area contributed by atoms with Gasteiger partial charge < -0.3 is 29.3 Å². The van der Waals surface area contributed by atoms with Crippen LogP contribution in [0.25, 0.3) is 21.9 Å². The number of amides is 1. The first-order valence-corrected chi connectivity index (χ1v) is 14.9. The molecule has 13 heteroatoms. The number of carbonyl (C=O) groups excluding carboxylic acids is 1. The third kappa shape index (κ3) is 6.24. The summed E-state index contributed by atoms with van der Waals surface area (Å²) in [5.41, 5.74) is 3.62. The van der Waals surface area contributed by atoms with Crippen LogP contribution in [0.3, 0.4) is 0 Å². The van der Waals surface area contributed by atoms with E-state index in [-0.39, 0.29) is 6.09 Å². The number of nitrogens with zero attached hydrogens (tertiary/aromatic N) is 8. The first-order chi connectivity index (χ1) is 21.6. The first kappa shape index (κ1) is 29.9. The molecular formula is C32H37N9O4. The zero-order chi connectivity index (χ0) is 31.7. The largest absolute Gasteiger partial charge is 0.492 e. The smallest absolute Gasteiger partial charge is 0.410 e. The number of aryl methyl sites for hydroxylation is 2. The highest BCUT2D eigenvalue weighted by Crippen LogP contribution is 2.38. The van der Waals surface area contributed by atoms with Crippen LogP contribution in [-0.4, -0.2) is 79.8 Å². The first-order valence-electron chi connectivity index (χ1n) is 14.9. The summed E-state index contributed by atoms with van der Waals surface area (Å²) in [6, 6.07) is 11.6. The molecule has 1 saturated heterocycles. The van der Waals surface area contributed by atoms with Crippen molar-refractivity contribution in [1.82, 2.24) is 34.8 Å². The van der Waals surface area contributed by atoms with Crippen LogP contribution in [0.4, 0.5) is 22.1 Å². The van der Waals surface area contributed by atoms with Gasteiger partial charge >= 0.3 is 6.09 Å². The Kier molecular flexibility index (Phi) is 8.00. The fourth-order valence-corrected chi connectivity index (χ4v) is 5.31. The number of nitrogens with one attached hydrogen (secondary N) is 1. The number of piperazine rings is 1. The van der Waals surface area contributed by atoms with E-state index in [2.05, 4.69) is 30.5 Å². The third-order valence-corrected chi connectivity index (χ3v) is 7.50. The second-order valence-corrected chi connectivity index (χ2v) is 11.8. The van der Waals surface area contributed by atoms with Crippen molar-refractivity contribution in [3.05, 3.63) is 54.5 Å². The van der Waals surface area contributed by atoms with Crippen LogP contribution in [0.2, 0.25) is 0 Å². The van der Waals surface area contributed by atoms with Crippen molar-refractivity contribution in [3.63, 3.8) is 0 Å². The lowest BCUT2D eigenvalue weighted by atomic mass is 10.2. The average molecular weight is 612 g/mol. The van der Waals surface area contributed by atoms with Gasteiger partial charge in [0.1, 0.15) is 34.8 Å². The summed E-state index contributed by atoms with van der Waals surface area (Å²) in [5, 5.41) is 12.6. The second-order valence-electron chi connectivity index (χ2n) is 11.8. The number of anilines is 3. The summed E-state index contributed by atoms with van der Waals surface area (Å²) in [4.78, 5) is 30.1. The van der Waals surface area contributed by atoms with Crippen molar-refractivity contribution >= 4 is 45.4 Å². The SMILES string of the molecule is CCn1nnc2cc(Oc3ccc(Nc4ncnc5cnc(N6CCN(C(=O)OC(C)(C)C)CC6)c(OC)c45)cc3C)ccc21. The van der Waals surface area contributed by atoms with Crippen molar-refractivity contribution in [2.45, 2.75) is 46.8 Å². The number of methoxy groups -OCH3 is 1. The number of benzene rings is 2. The highest BCUT2D eigenvalue weighted by Gasteiger charge is 2.28. The molecule has 0 spiro atoms. The molecule has 0 radical (unpaired) electrons. The standard InChI is InChI=1S/C32H37N9O4/c1-7-41-25-10-9-22(17-23(25)37-38-41)44-26-11-8-21(16-20(26)2)36-29-27-24(34-19-35-29)18-33-30(28(27)43-6)39-12-14-40(15-13-39)31(42)45-32(3,4)5/h8-11,16-19H,7,12-15H2,1-6H3,(H,34,35,36). The van der Waals surface area contributed by atoms with Crippen molar-refractivity contribution in [3.8, 4) is 17.2 Å². The summed E-state index contributed by atoms with van der Waals surface area (Å²) in [6.07, 6.45) is 2.91. The normalized spacial score (nSPS) is 13.7. The minimum Gasteiger partial charge on any atom is -0.492 e. The molecule has 13 nitrogen and oxygen atoms in total. The van der Waals surface area contributed by atoms with Gasteiger partial charge in [0.25, 0.3) is 0 Å². The van der Waals surface area contributed by atoms with E-state index in [0.717, 1.165) is 34.6 Å². The molecule has 0 bridgehead atoms. The van der Waals surface area contributed by atoms with Gasteiger partial charge in [0.2, 0.25) is 0 Å². The third-order valence-electron chi connectivity index (χ3n) is 7.50. The van der Waals surface area contributed by atoms with Gasteiger partial charge in [-0.3, -0.25) is 0 Å². The number of rotatable bonds is 7. The average Bonchev–Trinajstić information content (AvgIpc) is 3.43. The molecule has 1 amide bonds. The molecule has 4 heterocycles. The highest BCUT2D eigenvalue weighted by atomic mass is 16.6. The Balaban J connectivity index is 1.21. The molecule has 1 fully saturated rings. The Bertz CT molecular complexity index is 1860. The van der Waals surface area contributed by atoms with E-state index in [0.29, 0.717) is 60.2 Å². The van der Waals surface area contributed by atoms with Crippen molar-refractivity contribution in [2.75, 3.05) is 43.5 Å². The van der Waals surface area contributed by atoms with Crippen molar-refractivity contribution < 1.29 is 19.0 Å². The van der Waals surface area contributed by atoms with Crippen LogP contribution in [0.1, 0.15) is 33.3 Å². The number of carbonyl (C=O) groups is 1. The molecule has 1 N–H and O–H groups in total. The van der Waals surface area contributed by atoms with Gasteiger partial charge in [0, 0.05) is 44.5 Å². The molecule has 5 aromatic rings. The van der Waals surface area contributed by atoms with Gasteiger partial charge in [-0.1, -0.05) is 5.21 Å². The molecule has 1 aliphatic rings. The van der Waals surface area contributed by atoms with Gasteiger partial charge in [-0.2, -0.15) is 0 Å². The second kappa shape index (κ2) is 12.1. The monoisotopic (exact) mass is 611 g/mol. The molecule has 2 aromatic carbocycles. The Morgan fingerprint density at radius 3 is 2.51 bits per heavy atom. The van der Waals surface area contributed by atoms with Gasteiger partial charge in [0.05, 0.1) is 29.7 Å². The number of hydrogen-bond donors (Lipinski definition) is 1. The van der Waals surface area contributed by atoms with Gasteiger partial charge in [-0.25, -0.2) is 24.4 Å². The zero-order valence-electron chi connectivity index (χ0n) is 26.4. The topological polar surface area (TPSA) is 133 Å². The zero-order valence-corrected chi connectivity index (χ0v) is 26.4. The maximum atomic E-state index is 12.6. The lowest BCUT2D eigenvalue weighted by Crippen LogP contribution is -2.50. The van der Waals surface area contributed by atoms with Crippen LogP contribution in [0, 0.1) is 6.92 Å². The van der Waals surface area contributed by atoms with Crippen LogP contribution >= 0.6 is 0 Å². The lowest BCUT2D eigenvalue weighted by molar-refractivity contribution is 0.0240. The summed E-state index contributed by atoms with van der Waals surface area (Å²) < 4.78 is 19.5. The Hall–Kier alpha value is -5.20. The summed E-state index contributed by atoms with van der Waals surface area (Å²) in [7, 11) is 1.62. The van der Waals surface area contributed by atoms with Crippen LogP contribution in [-0.2, 0) is 11.3 Å². The molecule has 0 atom stereocenters. The molecule has 1 aliphatic heterocycles. The lowest BCUT2D eigenvalue weighted by Gasteiger charge is -2.36. The van der Waals surface area contributed by atoms with Crippen LogP contribution < -0.4 is 19.7 Å². The molecule has 0 aliphatic carbocycles. The summed E-state index contributed by atoms with van der Waals surface area (Å²) >= 11 is 0. The van der Waals surface area contributed by atoms with E-state index in [4.69, 9.17) is 19.2 Å². The van der Waals surface area contributed by atoms with Crippen LogP contribution in [0.15, 0.2) is 48.9 Å². The van der Waals surface area contributed by atoms with Gasteiger partial charge in [-0.15, -0.1) is 5.10 Å². The number of ether oxygens (including phenoxy) is 3. The maximum absolute atomic E-state index is 12.6.